The molecule has 1 aliphatic rings. The molecule has 0 aliphatic carbocycles. The van der Waals surface area contributed by atoms with Crippen LogP contribution in [0.25, 0.3) is 0 Å². The highest BCUT2D eigenvalue weighted by molar-refractivity contribution is 5.97. The normalized spacial score (nSPS) is 16.9. The minimum absolute atomic E-state index is 0.0850. The van der Waals surface area contributed by atoms with E-state index in [4.69, 9.17) is 14.2 Å². The van der Waals surface area contributed by atoms with Crippen molar-refractivity contribution >= 4 is 5.91 Å². The van der Waals surface area contributed by atoms with Gasteiger partial charge in [-0.15, -0.1) is 0 Å². The Morgan fingerprint density at radius 3 is 2.54 bits per heavy atom. The summed E-state index contributed by atoms with van der Waals surface area (Å²) < 4.78 is 16.2. The number of para-hydroxylation sites is 1. The fourth-order valence-electron chi connectivity index (χ4n) is 3.30. The molecule has 1 amide bonds. The number of hydrogen-bond acceptors (Lipinski definition) is 5. The average Bonchev–Trinajstić information content (AvgIpc) is 2.72. The summed E-state index contributed by atoms with van der Waals surface area (Å²) in [4.78, 5) is 15.2. The van der Waals surface area contributed by atoms with E-state index < -0.39 is 0 Å². The number of hydrogen-bond donors (Lipinski definition) is 1. The molecule has 0 spiro atoms. The van der Waals surface area contributed by atoms with Crippen LogP contribution in [0.1, 0.15) is 22.0 Å². The van der Waals surface area contributed by atoms with Crippen molar-refractivity contribution < 1.29 is 19.0 Å². The number of benzene rings is 2. The maximum atomic E-state index is 13.4. The van der Waals surface area contributed by atoms with Crippen LogP contribution < -0.4 is 19.5 Å². The summed E-state index contributed by atoms with van der Waals surface area (Å²) in [6.45, 7) is 2.00. The molecule has 1 unspecified atom stereocenters. The molecule has 0 aromatic heterocycles. The molecule has 26 heavy (non-hydrogen) atoms. The van der Waals surface area contributed by atoms with Crippen LogP contribution in [0.2, 0.25) is 0 Å². The van der Waals surface area contributed by atoms with E-state index in [2.05, 4.69) is 5.32 Å². The predicted octanol–water partition coefficient (Wildman–Crippen LogP) is 2.50. The largest absolute Gasteiger partial charge is 0.497 e. The zero-order valence-electron chi connectivity index (χ0n) is 15.3. The van der Waals surface area contributed by atoms with Gasteiger partial charge in [0.1, 0.15) is 17.2 Å². The smallest absolute Gasteiger partial charge is 0.258 e. The Balaban J connectivity index is 1.99. The quantitative estimate of drug-likeness (QED) is 0.892. The second kappa shape index (κ2) is 8.10. The summed E-state index contributed by atoms with van der Waals surface area (Å²) in [6, 6.07) is 12.9. The van der Waals surface area contributed by atoms with Gasteiger partial charge in [0.05, 0.1) is 32.9 Å². The molecular weight excluding hydrogens is 332 g/mol. The van der Waals surface area contributed by atoms with Gasteiger partial charge in [0, 0.05) is 25.2 Å². The van der Waals surface area contributed by atoms with Crippen LogP contribution in [0.5, 0.6) is 17.2 Å². The van der Waals surface area contributed by atoms with E-state index in [1.165, 1.54) is 0 Å². The highest BCUT2D eigenvalue weighted by atomic mass is 16.5. The first-order valence-electron chi connectivity index (χ1n) is 8.56. The molecule has 1 N–H and O–H groups in total. The first kappa shape index (κ1) is 18.1. The molecule has 0 bridgehead atoms. The number of nitrogens with zero attached hydrogens (tertiary/aromatic N) is 1. The summed E-state index contributed by atoms with van der Waals surface area (Å²) in [6.07, 6.45) is 0. The lowest BCUT2D eigenvalue weighted by Gasteiger charge is -2.37. The standard InChI is InChI=1S/C20H24N2O4/c1-24-14-8-9-19(26-3)16(12-14)20(23)22-11-10-21-13-17(22)15-6-4-5-7-18(15)25-2/h4-9,12,17,21H,10-11,13H2,1-3H3. The molecule has 1 fully saturated rings. The van der Waals surface area contributed by atoms with E-state index >= 15 is 0 Å². The monoisotopic (exact) mass is 356 g/mol. The number of rotatable bonds is 5. The summed E-state index contributed by atoms with van der Waals surface area (Å²) >= 11 is 0. The van der Waals surface area contributed by atoms with Crippen molar-refractivity contribution in [2.24, 2.45) is 0 Å². The predicted molar refractivity (Wildman–Crippen MR) is 99.2 cm³/mol. The van der Waals surface area contributed by atoms with Crippen molar-refractivity contribution in [3.8, 4) is 17.2 Å². The first-order chi connectivity index (χ1) is 12.7. The minimum atomic E-state index is -0.122. The molecule has 1 atom stereocenters. The van der Waals surface area contributed by atoms with Crippen LogP contribution in [0.3, 0.4) is 0 Å². The van der Waals surface area contributed by atoms with Gasteiger partial charge in [-0.05, 0) is 24.3 Å². The highest BCUT2D eigenvalue weighted by Crippen LogP contribution is 2.33. The maximum absolute atomic E-state index is 13.4. The molecule has 138 valence electrons. The molecular formula is C20H24N2O4. The fraction of sp³-hybridized carbons (Fsp3) is 0.350. The lowest BCUT2D eigenvalue weighted by Crippen LogP contribution is -2.48. The Hall–Kier alpha value is -2.73. The van der Waals surface area contributed by atoms with Crippen LogP contribution >= 0.6 is 0 Å². The summed E-state index contributed by atoms with van der Waals surface area (Å²) in [7, 11) is 4.79. The van der Waals surface area contributed by atoms with Crippen LogP contribution in [0, 0.1) is 0 Å². The lowest BCUT2D eigenvalue weighted by atomic mass is 10.0. The van der Waals surface area contributed by atoms with Gasteiger partial charge in [-0.2, -0.15) is 0 Å². The fourth-order valence-corrected chi connectivity index (χ4v) is 3.30. The summed E-state index contributed by atoms with van der Waals surface area (Å²) in [5, 5.41) is 3.37. The molecule has 2 aromatic rings. The van der Waals surface area contributed by atoms with Gasteiger partial charge >= 0.3 is 0 Å². The molecule has 6 nitrogen and oxygen atoms in total. The second-order valence-electron chi connectivity index (χ2n) is 6.03. The maximum Gasteiger partial charge on any atom is 0.258 e. The number of piperazine rings is 1. The number of carbonyl (C=O) groups is 1. The zero-order chi connectivity index (χ0) is 18.5. The third-order valence-corrected chi connectivity index (χ3v) is 4.64. The van der Waals surface area contributed by atoms with Crippen molar-refractivity contribution in [3.05, 3.63) is 53.6 Å². The SMILES string of the molecule is COc1ccc(OC)c(C(=O)N2CCNCC2c2ccccc2OC)c1. The third kappa shape index (κ3) is 3.46. The molecule has 1 saturated heterocycles. The average molecular weight is 356 g/mol. The molecule has 0 radical (unpaired) electrons. The number of amides is 1. The Bertz CT molecular complexity index is 778. The third-order valence-electron chi connectivity index (χ3n) is 4.64. The van der Waals surface area contributed by atoms with E-state index in [0.717, 1.165) is 17.9 Å². The summed E-state index contributed by atoms with van der Waals surface area (Å²) in [5.74, 6) is 1.85. The Labute approximate surface area is 153 Å². The van der Waals surface area contributed by atoms with E-state index in [0.29, 0.717) is 30.2 Å². The lowest BCUT2D eigenvalue weighted by molar-refractivity contribution is 0.0628. The van der Waals surface area contributed by atoms with Crippen LogP contribution in [0.15, 0.2) is 42.5 Å². The van der Waals surface area contributed by atoms with Gasteiger partial charge in [-0.1, -0.05) is 18.2 Å². The zero-order valence-corrected chi connectivity index (χ0v) is 15.3. The topological polar surface area (TPSA) is 60.0 Å². The van der Waals surface area contributed by atoms with Gasteiger partial charge in [0.2, 0.25) is 0 Å². The van der Waals surface area contributed by atoms with Gasteiger partial charge in [0.25, 0.3) is 5.91 Å². The van der Waals surface area contributed by atoms with E-state index in [1.807, 2.05) is 29.2 Å². The van der Waals surface area contributed by atoms with E-state index in [-0.39, 0.29) is 11.9 Å². The van der Waals surface area contributed by atoms with Crippen molar-refractivity contribution in [3.63, 3.8) is 0 Å². The molecule has 1 heterocycles. The van der Waals surface area contributed by atoms with Crippen LogP contribution in [0.4, 0.5) is 0 Å². The van der Waals surface area contributed by atoms with Gasteiger partial charge in [0.15, 0.2) is 0 Å². The van der Waals surface area contributed by atoms with Crippen molar-refractivity contribution in [1.82, 2.24) is 10.2 Å². The van der Waals surface area contributed by atoms with Crippen molar-refractivity contribution in [2.45, 2.75) is 6.04 Å². The molecule has 0 saturated carbocycles. The number of methoxy groups -OCH3 is 3. The first-order valence-corrected chi connectivity index (χ1v) is 8.56. The molecule has 6 heteroatoms. The van der Waals surface area contributed by atoms with E-state index in [1.54, 1.807) is 39.5 Å². The minimum Gasteiger partial charge on any atom is -0.497 e. The Morgan fingerprint density at radius 1 is 1.04 bits per heavy atom. The second-order valence-corrected chi connectivity index (χ2v) is 6.03. The van der Waals surface area contributed by atoms with Crippen molar-refractivity contribution in [1.29, 1.82) is 0 Å². The van der Waals surface area contributed by atoms with Gasteiger partial charge in [-0.3, -0.25) is 4.79 Å². The molecule has 1 aliphatic heterocycles. The van der Waals surface area contributed by atoms with Crippen molar-refractivity contribution in [2.75, 3.05) is 41.0 Å². The van der Waals surface area contributed by atoms with Gasteiger partial charge < -0.3 is 24.4 Å². The van der Waals surface area contributed by atoms with Crippen LogP contribution in [-0.4, -0.2) is 51.8 Å². The van der Waals surface area contributed by atoms with Gasteiger partial charge in [-0.25, -0.2) is 0 Å². The number of carbonyl (C=O) groups excluding carboxylic acids is 1. The van der Waals surface area contributed by atoms with E-state index in [9.17, 15) is 4.79 Å². The molecule has 2 aromatic carbocycles. The molecule has 3 rings (SSSR count). The Kier molecular flexibility index (Phi) is 5.63. The summed E-state index contributed by atoms with van der Waals surface area (Å²) in [5.41, 5.74) is 1.48. The number of nitrogens with one attached hydrogen (secondary N) is 1. The highest BCUT2D eigenvalue weighted by Gasteiger charge is 2.31. The Morgan fingerprint density at radius 2 is 1.81 bits per heavy atom. The van der Waals surface area contributed by atoms with Crippen LogP contribution in [-0.2, 0) is 0 Å². The number of ether oxygens (including phenoxy) is 3.